The van der Waals surface area contributed by atoms with E-state index < -0.39 is 11.9 Å². The number of rotatable bonds is 3. The van der Waals surface area contributed by atoms with Crippen LogP contribution in [-0.4, -0.2) is 35.0 Å². The van der Waals surface area contributed by atoms with Gasteiger partial charge in [0, 0.05) is 24.7 Å². The van der Waals surface area contributed by atoms with Crippen LogP contribution in [0.2, 0.25) is 0 Å². The summed E-state index contributed by atoms with van der Waals surface area (Å²) in [7, 11) is 0. The Labute approximate surface area is 143 Å². The summed E-state index contributed by atoms with van der Waals surface area (Å²) in [6.07, 6.45) is 0.441. The molecule has 0 aliphatic carbocycles. The van der Waals surface area contributed by atoms with Gasteiger partial charge in [-0.15, -0.1) is 12.4 Å². The van der Waals surface area contributed by atoms with Gasteiger partial charge in [-0.2, -0.15) is 0 Å². The van der Waals surface area contributed by atoms with Crippen molar-refractivity contribution in [1.29, 1.82) is 0 Å². The van der Waals surface area contributed by atoms with Crippen LogP contribution in [0, 0.1) is 5.92 Å². The van der Waals surface area contributed by atoms with Crippen molar-refractivity contribution in [2.75, 3.05) is 13.1 Å². The van der Waals surface area contributed by atoms with Crippen molar-refractivity contribution >= 4 is 35.3 Å². The van der Waals surface area contributed by atoms with E-state index in [4.69, 9.17) is 15.3 Å². The molecule has 2 heterocycles. The molecule has 8 heteroatoms. The molecule has 1 aliphatic rings. The highest BCUT2D eigenvalue weighted by Crippen LogP contribution is 2.21. The van der Waals surface area contributed by atoms with Crippen LogP contribution < -0.4 is 11.2 Å². The van der Waals surface area contributed by atoms with Gasteiger partial charge >= 0.3 is 5.97 Å². The number of halogens is 1. The fourth-order valence-electron chi connectivity index (χ4n) is 2.77. The lowest BCUT2D eigenvalue weighted by Gasteiger charge is -2.16. The van der Waals surface area contributed by atoms with Gasteiger partial charge in [0.05, 0.1) is 17.8 Å². The molecule has 1 unspecified atom stereocenters. The monoisotopic (exact) mass is 352 g/mol. The summed E-state index contributed by atoms with van der Waals surface area (Å²) >= 11 is 0. The highest BCUT2D eigenvalue weighted by molar-refractivity contribution is 5.98. The van der Waals surface area contributed by atoms with Gasteiger partial charge in [-0.3, -0.25) is 14.4 Å². The molecule has 3 N–H and O–H groups in total. The lowest BCUT2D eigenvalue weighted by molar-refractivity contribution is -0.141. The van der Waals surface area contributed by atoms with Gasteiger partial charge in [-0.05, 0) is 24.6 Å². The quantitative estimate of drug-likeness (QED) is 0.858. The average Bonchev–Trinajstić information content (AvgIpc) is 3.04. The molecule has 0 spiro atoms. The Balaban J connectivity index is 0.00000208. The van der Waals surface area contributed by atoms with Crippen molar-refractivity contribution in [3.8, 4) is 0 Å². The minimum Gasteiger partial charge on any atom is -0.481 e. The molecular formula is C16H17ClN2O5. The van der Waals surface area contributed by atoms with Crippen LogP contribution in [0.3, 0.4) is 0 Å². The number of nitrogens with two attached hydrogens (primary N) is 1. The third-order valence-corrected chi connectivity index (χ3v) is 4.05. The Bertz CT molecular complexity index is 848. The number of aliphatic carboxylic acids is 1. The molecule has 128 valence electrons. The summed E-state index contributed by atoms with van der Waals surface area (Å²) < 4.78 is 5.47. The van der Waals surface area contributed by atoms with Crippen molar-refractivity contribution in [3.63, 3.8) is 0 Å². The first-order valence-electron chi connectivity index (χ1n) is 7.28. The summed E-state index contributed by atoms with van der Waals surface area (Å²) in [5.74, 6) is -1.33. The third-order valence-electron chi connectivity index (χ3n) is 4.05. The van der Waals surface area contributed by atoms with E-state index in [1.165, 1.54) is 17.0 Å². The van der Waals surface area contributed by atoms with E-state index in [0.717, 1.165) is 0 Å². The summed E-state index contributed by atoms with van der Waals surface area (Å²) in [5.41, 5.74) is 5.93. The molecule has 1 aromatic carbocycles. The normalized spacial score (nSPS) is 16.9. The number of benzene rings is 1. The van der Waals surface area contributed by atoms with Crippen LogP contribution in [0.5, 0.6) is 0 Å². The first-order chi connectivity index (χ1) is 11.0. The number of amides is 1. The average molecular weight is 353 g/mol. The number of hydrogen-bond donors (Lipinski definition) is 2. The fourth-order valence-corrected chi connectivity index (χ4v) is 2.77. The van der Waals surface area contributed by atoms with Gasteiger partial charge < -0.3 is 20.2 Å². The second-order valence-corrected chi connectivity index (χ2v) is 5.57. The van der Waals surface area contributed by atoms with Crippen LogP contribution in [0.1, 0.15) is 22.5 Å². The van der Waals surface area contributed by atoms with Gasteiger partial charge in [0.2, 0.25) is 0 Å². The molecule has 24 heavy (non-hydrogen) atoms. The van der Waals surface area contributed by atoms with Gasteiger partial charge in [-0.25, -0.2) is 0 Å². The van der Waals surface area contributed by atoms with Crippen molar-refractivity contribution in [2.45, 2.75) is 13.0 Å². The van der Waals surface area contributed by atoms with E-state index in [-0.39, 0.29) is 36.8 Å². The number of carbonyl (C=O) groups is 2. The Morgan fingerprint density at radius 1 is 1.33 bits per heavy atom. The fraction of sp³-hybridized carbons (Fsp3) is 0.312. The number of hydrogen-bond acceptors (Lipinski definition) is 5. The molecule has 1 aromatic heterocycles. The molecule has 7 nitrogen and oxygen atoms in total. The molecule has 1 atom stereocenters. The number of fused-ring (bicyclic) bond motifs is 1. The zero-order chi connectivity index (χ0) is 16.6. The van der Waals surface area contributed by atoms with E-state index in [1.54, 1.807) is 12.1 Å². The second-order valence-electron chi connectivity index (χ2n) is 5.57. The van der Waals surface area contributed by atoms with Crippen LogP contribution >= 0.6 is 12.4 Å². The Kier molecular flexibility index (Phi) is 5.26. The maximum atomic E-state index is 12.5. The van der Waals surface area contributed by atoms with Crippen LogP contribution in [0.25, 0.3) is 11.0 Å². The topological polar surface area (TPSA) is 114 Å². The molecule has 1 amide bonds. The molecule has 0 radical (unpaired) electrons. The Hall–Kier alpha value is -2.38. The molecule has 0 bridgehead atoms. The zero-order valence-electron chi connectivity index (χ0n) is 12.7. The second kappa shape index (κ2) is 7.02. The molecule has 2 aromatic rings. The molecule has 3 rings (SSSR count). The van der Waals surface area contributed by atoms with Crippen LogP contribution in [0.15, 0.2) is 33.5 Å². The first kappa shape index (κ1) is 18.0. The zero-order valence-corrected chi connectivity index (χ0v) is 13.5. The summed E-state index contributed by atoms with van der Waals surface area (Å²) in [4.78, 5) is 37.0. The van der Waals surface area contributed by atoms with Gasteiger partial charge in [0.25, 0.3) is 5.91 Å². The third kappa shape index (κ3) is 3.27. The number of carboxylic acids is 1. The van der Waals surface area contributed by atoms with E-state index in [9.17, 15) is 14.4 Å². The number of likely N-dealkylation sites (tertiary alicyclic amines) is 1. The summed E-state index contributed by atoms with van der Waals surface area (Å²) in [6, 6.07) is 5.93. The maximum Gasteiger partial charge on any atom is 0.308 e. The number of nitrogens with zero attached hydrogens (tertiary/aromatic N) is 1. The molecular weight excluding hydrogens is 336 g/mol. The maximum absolute atomic E-state index is 12.5. The largest absolute Gasteiger partial charge is 0.481 e. The highest BCUT2D eigenvalue weighted by Gasteiger charge is 2.31. The lowest BCUT2D eigenvalue weighted by atomic mass is 10.1. The van der Waals surface area contributed by atoms with Crippen molar-refractivity contribution in [1.82, 2.24) is 4.90 Å². The van der Waals surface area contributed by atoms with Gasteiger partial charge in [0.1, 0.15) is 11.3 Å². The van der Waals surface area contributed by atoms with Crippen molar-refractivity contribution in [3.05, 3.63) is 45.8 Å². The van der Waals surface area contributed by atoms with E-state index in [1.807, 2.05) is 0 Å². The molecule has 0 saturated carbocycles. The summed E-state index contributed by atoms with van der Waals surface area (Å²) in [6.45, 7) is 0.706. The van der Waals surface area contributed by atoms with E-state index in [0.29, 0.717) is 35.3 Å². The van der Waals surface area contributed by atoms with Crippen molar-refractivity contribution < 1.29 is 19.1 Å². The molecule has 1 fully saturated rings. The van der Waals surface area contributed by atoms with E-state index >= 15 is 0 Å². The predicted molar refractivity (Wildman–Crippen MR) is 89.3 cm³/mol. The Morgan fingerprint density at radius 3 is 2.71 bits per heavy atom. The standard InChI is InChI=1S/C16H16N2O5.ClH/c17-7-11-6-13(19)12-5-9(1-2-14(12)23-11)15(20)18-4-3-10(8-18)16(21)22;/h1-2,5-6,10H,3-4,7-8,17H2,(H,21,22);1H. The van der Waals surface area contributed by atoms with E-state index in [2.05, 4.69) is 0 Å². The Morgan fingerprint density at radius 2 is 2.08 bits per heavy atom. The highest BCUT2D eigenvalue weighted by atomic mass is 35.5. The van der Waals surface area contributed by atoms with Crippen LogP contribution in [0.4, 0.5) is 0 Å². The minimum atomic E-state index is -0.895. The number of carboxylic acid groups (broad SMARTS) is 1. The number of carbonyl (C=O) groups excluding carboxylic acids is 1. The lowest BCUT2D eigenvalue weighted by Crippen LogP contribution is -2.30. The molecule has 1 saturated heterocycles. The summed E-state index contributed by atoms with van der Waals surface area (Å²) in [5, 5.41) is 9.32. The first-order valence-corrected chi connectivity index (χ1v) is 7.28. The van der Waals surface area contributed by atoms with Gasteiger partial charge in [0.15, 0.2) is 5.43 Å². The minimum absolute atomic E-state index is 0. The predicted octanol–water partition coefficient (Wildman–Crippen LogP) is 1.22. The SMILES string of the molecule is Cl.NCc1cc(=O)c2cc(C(=O)N3CCC(C(=O)O)C3)ccc2o1. The van der Waals surface area contributed by atoms with Crippen LogP contribution in [-0.2, 0) is 11.3 Å². The smallest absolute Gasteiger partial charge is 0.308 e. The molecule has 1 aliphatic heterocycles. The van der Waals surface area contributed by atoms with Crippen molar-refractivity contribution in [2.24, 2.45) is 11.7 Å². The van der Waals surface area contributed by atoms with Gasteiger partial charge in [-0.1, -0.05) is 0 Å².